The molecule has 0 aliphatic carbocycles. The number of fused-ring (bicyclic) bond motifs is 1. The van der Waals surface area contributed by atoms with Crippen molar-refractivity contribution < 1.29 is 14.3 Å². The molecule has 0 radical (unpaired) electrons. The molecular weight excluding hydrogens is 476 g/mol. The van der Waals surface area contributed by atoms with E-state index in [1.807, 2.05) is 61.6 Å². The number of nitrogens with one attached hydrogen (secondary N) is 1. The molecule has 2 amide bonds. The average Bonchev–Trinajstić information content (AvgIpc) is 3.37. The lowest BCUT2D eigenvalue weighted by Crippen LogP contribution is -2.38. The second-order valence-corrected chi connectivity index (χ2v) is 11.3. The number of carbonyl (C=O) groups is 2. The van der Waals surface area contributed by atoms with Crippen LogP contribution in [0.15, 0.2) is 60.8 Å². The highest BCUT2D eigenvalue weighted by atomic mass is 16.6. The van der Waals surface area contributed by atoms with Gasteiger partial charge in [-0.05, 0) is 48.1 Å². The van der Waals surface area contributed by atoms with Crippen LogP contribution in [0.1, 0.15) is 62.9 Å². The van der Waals surface area contributed by atoms with Crippen molar-refractivity contribution in [1.29, 1.82) is 0 Å². The van der Waals surface area contributed by atoms with Gasteiger partial charge in [0, 0.05) is 50.0 Å². The number of amides is 2. The molecule has 0 bridgehead atoms. The third-order valence-corrected chi connectivity index (χ3v) is 7.18. The summed E-state index contributed by atoms with van der Waals surface area (Å²) in [6.45, 7) is 10.2. The van der Waals surface area contributed by atoms with Crippen LogP contribution < -0.4 is 5.32 Å². The molecule has 2 atom stereocenters. The smallest absolute Gasteiger partial charge is 0.410 e. The van der Waals surface area contributed by atoms with Crippen molar-refractivity contribution >= 4 is 28.6 Å². The van der Waals surface area contributed by atoms with Crippen molar-refractivity contribution in [2.75, 3.05) is 25.5 Å². The average molecular weight is 517 g/mol. The van der Waals surface area contributed by atoms with Gasteiger partial charge in [-0.25, -0.2) is 4.79 Å². The molecule has 202 valence electrons. The molecule has 3 aromatic rings. The normalized spacial score (nSPS) is 16.3. The van der Waals surface area contributed by atoms with E-state index in [9.17, 15) is 9.59 Å². The molecule has 4 rings (SSSR count). The van der Waals surface area contributed by atoms with Crippen LogP contribution in [0, 0.1) is 5.41 Å². The Balaban J connectivity index is 1.45. The van der Waals surface area contributed by atoms with Gasteiger partial charge in [-0.2, -0.15) is 0 Å². The van der Waals surface area contributed by atoms with Crippen LogP contribution >= 0.6 is 0 Å². The SMILES string of the molecule is CCCC(OC(=O)N1CC[C@H](Nc2ccc(C(=O)N(C)Cc3ccccc3)c3ncccc23)C1)C(C)(C)C. The van der Waals surface area contributed by atoms with E-state index in [2.05, 4.69) is 38.0 Å². The first-order chi connectivity index (χ1) is 18.2. The molecule has 2 heterocycles. The number of aromatic nitrogens is 1. The molecule has 1 aliphatic heterocycles. The molecule has 0 saturated carbocycles. The summed E-state index contributed by atoms with van der Waals surface area (Å²) in [5.41, 5.74) is 3.14. The second-order valence-electron chi connectivity index (χ2n) is 11.3. The highest BCUT2D eigenvalue weighted by Gasteiger charge is 2.33. The fourth-order valence-corrected chi connectivity index (χ4v) is 5.00. The second kappa shape index (κ2) is 11.8. The molecule has 2 aromatic carbocycles. The van der Waals surface area contributed by atoms with E-state index in [0.29, 0.717) is 30.7 Å². The first-order valence-electron chi connectivity index (χ1n) is 13.6. The summed E-state index contributed by atoms with van der Waals surface area (Å²) in [5.74, 6) is -0.0700. The standard InChI is InChI=1S/C31H40N4O3/c1-6-11-27(31(2,3)4)38-30(37)35-19-17-23(21-35)33-26-16-15-25(28-24(26)14-10-18-32-28)29(36)34(5)20-22-12-8-7-9-13-22/h7-10,12-16,18,23,27,33H,6,11,17,19-21H2,1-5H3/t23-,27?/m0/s1. The molecule has 38 heavy (non-hydrogen) atoms. The predicted molar refractivity (Wildman–Crippen MR) is 152 cm³/mol. The van der Waals surface area contributed by atoms with E-state index in [1.54, 1.807) is 16.0 Å². The molecule has 1 fully saturated rings. The van der Waals surface area contributed by atoms with E-state index < -0.39 is 0 Å². The first-order valence-corrected chi connectivity index (χ1v) is 13.6. The van der Waals surface area contributed by atoms with Gasteiger partial charge in [0.25, 0.3) is 5.91 Å². The first kappa shape index (κ1) is 27.4. The summed E-state index contributed by atoms with van der Waals surface area (Å²) < 4.78 is 5.92. The number of nitrogens with zero attached hydrogens (tertiary/aromatic N) is 3. The van der Waals surface area contributed by atoms with E-state index >= 15 is 0 Å². The third kappa shape index (κ3) is 6.44. The lowest BCUT2D eigenvalue weighted by molar-refractivity contribution is 0.00822. The van der Waals surface area contributed by atoms with Crippen molar-refractivity contribution in [3.63, 3.8) is 0 Å². The lowest BCUT2D eigenvalue weighted by atomic mass is 9.86. The van der Waals surface area contributed by atoms with Gasteiger partial charge in [-0.15, -0.1) is 0 Å². The minimum atomic E-state index is -0.239. The molecule has 0 spiro atoms. The summed E-state index contributed by atoms with van der Waals surface area (Å²) in [5, 5.41) is 4.49. The van der Waals surface area contributed by atoms with Crippen molar-refractivity contribution in [3.8, 4) is 0 Å². The molecule has 1 saturated heterocycles. The summed E-state index contributed by atoms with van der Waals surface area (Å²) in [7, 11) is 1.81. The monoisotopic (exact) mass is 516 g/mol. The van der Waals surface area contributed by atoms with Crippen molar-refractivity contribution in [2.45, 2.75) is 65.6 Å². The Hall–Kier alpha value is -3.61. The van der Waals surface area contributed by atoms with Gasteiger partial charge in [-0.3, -0.25) is 9.78 Å². The lowest BCUT2D eigenvalue weighted by Gasteiger charge is -2.31. The molecule has 7 heteroatoms. The maximum absolute atomic E-state index is 13.3. The van der Waals surface area contributed by atoms with Gasteiger partial charge in [-0.1, -0.05) is 64.4 Å². The van der Waals surface area contributed by atoms with E-state index in [1.165, 1.54) is 0 Å². The van der Waals surface area contributed by atoms with Crippen molar-refractivity contribution in [3.05, 3.63) is 71.9 Å². The highest BCUT2D eigenvalue weighted by Crippen LogP contribution is 2.30. The van der Waals surface area contributed by atoms with E-state index in [0.717, 1.165) is 35.9 Å². The zero-order chi connectivity index (χ0) is 27.3. The predicted octanol–water partition coefficient (Wildman–Crippen LogP) is 6.34. The van der Waals surface area contributed by atoms with E-state index in [-0.39, 0.29) is 29.6 Å². The van der Waals surface area contributed by atoms with Gasteiger partial charge in [0.2, 0.25) is 0 Å². The highest BCUT2D eigenvalue weighted by molar-refractivity contribution is 6.08. The van der Waals surface area contributed by atoms with Crippen LogP contribution in [0.25, 0.3) is 10.9 Å². The molecule has 1 aliphatic rings. The summed E-state index contributed by atoms with van der Waals surface area (Å²) in [6, 6.07) is 17.7. The number of likely N-dealkylation sites (tertiary alicyclic amines) is 1. The molecule has 1 unspecified atom stereocenters. The number of carbonyl (C=O) groups excluding carboxylic acids is 2. The van der Waals surface area contributed by atoms with Crippen LogP contribution in [-0.4, -0.2) is 59.1 Å². The molecule has 1 aromatic heterocycles. The Labute approximate surface area is 226 Å². The zero-order valence-corrected chi connectivity index (χ0v) is 23.2. The Morgan fingerprint density at radius 1 is 1.13 bits per heavy atom. The molecular formula is C31H40N4O3. The van der Waals surface area contributed by atoms with Gasteiger partial charge >= 0.3 is 6.09 Å². The van der Waals surface area contributed by atoms with Crippen LogP contribution in [0.2, 0.25) is 0 Å². The maximum atomic E-state index is 13.3. The van der Waals surface area contributed by atoms with Crippen molar-refractivity contribution in [1.82, 2.24) is 14.8 Å². The Morgan fingerprint density at radius 3 is 2.61 bits per heavy atom. The number of pyridine rings is 1. The Kier molecular flexibility index (Phi) is 8.55. The van der Waals surface area contributed by atoms with Crippen LogP contribution in [-0.2, 0) is 11.3 Å². The number of ether oxygens (including phenoxy) is 1. The van der Waals surface area contributed by atoms with E-state index in [4.69, 9.17) is 4.74 Å². The quantitative estimate of drug-likeness (QED) is 0.378. The minimum Gasteiger partial charge on any atom is -0.446 e. The largest absolute Gasteiger partial charge is 0.446 e. The fourth-order valence-electron chi connectivity index (χ4n) is 5.00. The summed E-state index contributed by atoms with van der Waals surface area (Å²) in [6.07, 6.45) is 4.03. The maximum Gasteiger partial charge on any atom is 0.410 e. The van der Waals surface area contributed by atoms with Crippen LogP contribution in [0.3, 0.4) is 0 Å². The zero-order valence-electron chi connectivity index (χ0n) is 23.2. The number of hydrogen-bond donors (Lipinski definition) is 1. The van der Waals surface area contributed by atoms with Gasteiger partial charge in [0.05, 0.1) is 11.1 Å². The number of rotatable bonds is 8. The summed E-state index contributed by atoms with van der Waals surface area (Å²) >= 11 is 0. The molecule has 7 nitrogen and oxygen atoms in total. The Bertz CT molecular complexity index is 1250. The Morgan fingerprint density at radius 2 is 1.89 bits per heavy atom. The van der Waals surface area contributed by atoms with Crippen LogP contribution in [0.5, 0.6) is 0 Å². The molecule has 1 N–H and O–H groups in total. The fraction of sp³-hybridized carbons (Fsp3) is 0.452. The minimum absolute atomic E-state index is 0.0700. The topological polar surface area (TPSA) is 74.8 Å². The number of anilines is 1. The number of benzene rings is 2. The van der Waals surface area contributed by atoms with Gasteiger partial charge < -0.3 is 19.9 Å². The number of hydrogen-bond acceptors (Lipinski definition) is 5. The van der Waals surface area contributed by atoms with Crippen LogP contribution in [0.4, 0.5) is 10.5 Å². The van der Waals surface area contributed by atoms with Crippen molar-refractivity contribution in [2.24, 2.45) is 5.41 Å². The van der Waals surface area contributed by atoms with Gasteiger partial charge in [0.15, 0.2) is 0 Å². The van der Waals surface area contributed by atoms with Gasteiger partial charge in [0.1, 0.15) is 6.10 Å². The summed E-state index contributed by atoms with van der Waals surface area (Å²) in [4.78, 5) is 34.4. The third-order valence-electron chi connectivity index (χ3n) is 7.18.